The van der Waals surface area contributed by atoms with Gasteiger partial charge in [0.1, 0.15) is 5.75 Å². The molecule has 0 aliphatic heterocycles. The van der Waals surface area contributed by atoms with Crippen LogP contribution in [0.25, 0.3) is 0 Å². The molecule has 1 heterocycles. The van der Waals surface area contributed by atoms with Gasteiger partial charge in [0.15, 0.2) is 0 Å². The van der Waals surface area contributed by atoms with Gasteiger partial charge < -0.3 is 15.0 Å². The monoisotopic (exact) mass is 328 g/mol. The number of carbonyl (C=O) groups excluding carboxylic acids is 1. The fourth-order valence-electron chi connectivity index (χ4n) is 2.32. The summed E-state index contributed by atoms with van der Waals surface area (Å²) in [6, 6.07) is 1.48. The van der Waals surface area contributed by atoms with Gasteiger partial charge in [-0.25, -0.2) is 0 Å². The molecule has 0 unspecified atom stereocenters. The van der Waals surface area contributed by atoms with Crippen molar-refractivity contribution < 1.29 is 9.53 Å². The second-order valence-electron chi connectivity index (χ2n) is 4.93. The molecule has 0 saturated heterocycles. The third-order valence-corrected chi connectivity index (χ3v) is 4.11. The first kappa shape index (κ1) is 14.1. The fraction of sp³-hybridized carbons (Fsp3) is 0.538. The SMILES string of the molecule is Cn1cc(Br)c(O[C@H]2CC[C@H](C(N)=O)CC2)cc1=O. The lowest BCUT2D eigenvalue weighted by Crippen LogP contribution is -2.31. The Bertz CT molecular complexity index is 533. The van der Waals surface area contributed by atoms with Crippen molar-refractivity contribution in [3.63, 3.8) is 0 Å². The highest BCUT2D eigenvalue weighted by Crippen LogP contribution is 2.30. The average molecular weight is 329 g/mol. The molecule has 0 aromatic carbocycles. The first-order valence-corrected chi connectivity index (χ1v) is 7.09. The van der Waals surface area contributed by atoms with E-state index in [9.17, 15) is 9.59 Å². The largest absolute Gasteiger partial charge is 0.489 e. The van der Waals surface area contributed by atoms with E-state index in [1.165, 1.54) is 10.6 Å². The molecule has 1 saturated carbocycles. The van der Waals surface area contributed by atoms with Gasteiger partial charge in [-0.15, -0.1) is 0 Å². The van der Waals surface area contributed by atoms with Crippen LogP contribution < -0.4 is 16.0 Å². The van der Waals surface area contributed by atoms with Crippen LogP contribution >= 0.6 is 15.9 Å². The summed E-state index contributed by atoms with van der Waals surface area (Å²) in [5.74, 6) is 0.297. The average Bonchev–Trinajstić information content (AvgIpc) is 2.36. The van der Waals surface area contributed by atoms with E-state index in [-0.39, 0.29) is 23.5 Å². The molecule has 0 spiro atoms. The first-order valence-electron chi connectivity index (χ1n) is 6.29. The van der Waals surface area contributed by atoms with Crippen molar-refractivity contribution in [3.8, 4) is 5.75 Å². The Morgan fingerprint density at radius 2 is 2.05 bits per heavy atom. The van der Waals surface area contributed by atoms with Gasteiger partial charge in [-0.3, -0.25) is 9.59 Å². The molecule has 1 aliphatic rings. The third-order valence-electron chi connectivity index (χ3n) is 3.51. The summed E-state index contributed by atoms with van der Waals surface area (Å²) < 4.78 is 8.08. The molecular weight excluding hydrogens is 312 g/mol. The van der Waals surface area contributed by atoms with Crippen LogP contribution in [0.4, 0.5) is 0 Å². The topological polar surface area (TPSA) is 74.3 Å². The number of carbonyl (C=O) groups is 1. The highest BCUT2D eigenvalue weighted by Gasteiger charge is 2.26. The van der Waals surface area contributed by atoms with Crippen LogP contribution in [-0.2, 0) is 11.8 Å². The lowest BCUT2D eigenvalue weighted by Gasteiger charge is -2.27. The second-order valence-corrected chi connectivity index (χ2v) is 5.78. The van der Waals surface area contributed by atoms with Crippen LogP contribution in [0.2, 0.25) is 0 Å². The Morgan fingerprint density at radius 1 is 1.42 bits per heavy atom. The molecule has 0 atom stereocenters. The van der Waals surface area contributed by atoms with Gasteiger partial charge in [0.25, 0.3) is 5.56 Å². The van der Waals surface area contributed by atoms with E-state index in [1.54, 1.807) is 13.2 Å². The smallest absolute Gasteiger partial charge is 0.254 e. The highest BCUT2D eigenvalue weighted by atomic mass is 79.9. The van der Waals surface area contributed by atoms with Gasteiger partial charge in [-0.2, -0.15) is 0 Å². The molecule has 1 amide bonds. The zero-order valence-electron chi connectivity index (χ0n) is 10.8. The van der Waals surface area contributed by atoms with Crippen LogP contribution in [-0.4, -0.2) is 16.6 Å². The molecule has 2 N–H and O–H groups in total. The van der Waals surface area contributed by atoms with Crippen LogP contribution in [0.3, 0.4) is 0 Å². The highest BCUT2D eigenvalue weighted by molar-refractivity contribution is 9.10. The van der Waals surface area contributed by atoms with Crippen molar-refractivity contribution >= 4 is 21.8 Å². The third kappa shape index (κ3) is 3.37. The summed E-state index contributed by atoms with van der Waals surface area (Å²) in [5.41, 5.74) is 5.19. The van der Waals surface area contributed by atoms with Gasteiger partial charge in [0.05, 0.1) is 10.6 Å². The van der Waals surface area contributed by atoms with E-state index >= 15 is 0 Å². The molecule has 1 fully saturated rings. The molecule has 0 bridgehead atoms. The predicted octanol–water partition coefficient (Wildman–Crippen LogP) is 1.57. The standard InChI is InChI=1S/C13H17BrN2O3/c1-16-7-10(14)11(6-12(16)17)19-9-4-2-8(3-5-9)13(15)18/h6-9H,2-5H2,1H3,(H2,15,18)/t8-,9-. The summed E-state index contributed by atoms with van der Waals surface area (Å²) in [4.78, 5) is 22.7. The summed E-state index contributed by atoms with van der Waals surface area (Å²) in [6.07, 6.45) is 4.81. The Morgan fingerprint density at radius 3 is 2.63 bits per heavy atom. The first-order chi connectivity index (χ1) is 8.97. The van der Waals surface area contributed by atoms with Crippen LogP contribution in [0.5, 0.6) is 5.75 Å². The van der Waals surface area contributed by atoms with Crippen LogP contribution in [0.15, 0.2) is 21.5 Å². The predicted molar refractivity (Wildman–Crippen MR) is 75.0 cm³/mol. The van der Waals surface area contributed by atoms with E-state index in [0.717, 1.165) is 30.2 Å². The number of primary amides is 1. The lowest BCUT2D eigenvalue weighted by atomic mass is 9.87. The number of aryl methyl sites for hydroxylation is 1. The number of pyridine rings is 1. The van der Waals surface area contributed by atoms with Gasteiger partial charge in [0, 0.05) is 25.2 Å². The Hall–Kier alpha value is -1.30. The Kier molecular flexibility index (Phi) is 4.29. The zero-order valence-corrected chi connectivity index (χ0v) is 12.4. The summed E-state index contributed by atoms with van der Waals surface area (Å²) in [5, 5.41) is 0. The van der Waals surface area contributed by atoms with Crippen molar-refractivity contribution in [3.05, 3.63) is 27.1 Å². The number of amides is 1. The fourth-order valence-corrected chi connectivity index (χ4v) is 2.83. The maximum atomic E-state index is 11.6. The number of ether oxygens (including phenoxy) is 1. The van der Waals surface area contributed by atoms with Crippen molar-refractivity contribution in [1.82, 2.24) is 4.57 Å². The summed E-state index contributed by atoms with van der Waals surface area (Å²) >= 11 is 3.38. The van der Waals surface area contributed by atoms with Gasteiger partial charge >= 0.3 is 0 Å². The summed E-state index contributed by atoms with van der Waals surface area (Å²) in [6.45, 7) is 0. The van der Waals surface area contributed by atoms with Crippen molar-refractivity contribution in [2.75, 3.05) is 0 Å². The van der Waals surface area contributed by atoms with Crippen LogP contribution in [0.1, 0.15) is 25.7 Å². The van der Waals surface area contributed by atoms with E-state index in [4.69, 9.17) is 10.5 Å². The minimum Gasteiger partial charge on any atom is -0.489 e. The molecule has 5 nitrogen and oxygen atoms in total. The molecular formula is C13H17BrN2O3. The molecule has 0 radical (unpaired) electrons. The minimum absolute atomic E-state index is 0.0352. The Labute approximate surface area is 119 Å². The molecule has 1 aliphatic carbocycles. The zero-order chi connectivity index (χ0) is 14.0. The van der Waals surface area contributed by atoms with Crippen molar-refractivity contribution in [2.24, 2.45) is 18.7 Å². The van der Waals surface area contributed by atoms with E-state index in [0.29, 0.717) is 5.75 Å². The molecule has 1 aromatic rings. The maximum Gasteiger partial charge on any atom is 0.254 e. The molecule has 1 aromatic heterocycles. The number of hydrogen-bond donors (Lipinski definition) is 1. The lowest BCUT2D eigenvalue weighted by molar-refractivity contribution is -0.123. The number of rotatable bonds is 3. The van der Waals surface area contributed by atoms with E-state index < -0.39 is 0 Å². The quantitative estimate of drug-likeness (QED) is 0.915. The number of aromatic nitrogens is 1. The number of hydrogen-bond acceptors (Lipinski definition) is 3. The van der Waals surface area contributed by atoms with Gasteiger partial charge in [-0.1, -0.05) is 0 Å². The Balaban J connectivity index is 2.02. The van der Waals surface area contributed by atoms with Gasteiger partial charge in [-0.05, 0) is 41.6 Å². The molecule has 2 rings (SSSR count). The number of nitrogens with two attached hydrogens (primary N) is 1. The van der Waals surface area contributed by atoms with E-state index in [2.05, 4.69) is 15.9 Å². The van der Waals surface area contributed by atoms with Crippen molar-refractivity contribution in [2.45, 2.75) is 31.8 Å². The minimum atomic E-state index is -0.229. The number of nitrogens with zero attached hydrogens (tertiary/aromatic N) is 1. The van der Waals surface area contributed by atoms with Crippen LogP contribution in [0, 0.1) is 5.92 Å². The second kappa shape index (κ2) is 5.77. The van der Waals surface area contributed by atoms with Crippen molar-refractivity contribution in [1.29, 1.82) is 0 Å². The number of halogens is 1. The molecule has 19 heavy (non-hydrogen) atoms. The molecule has 6 heteroatoms. The maximum absolute atomic E-state index is 11.6. The van der Waals surface area contributed by atoms with Gasteiger partial charge in [0.2, 0.25) is 5.91 Å². The summed E-state index contributed by atoms with van der Waals surface area (Å²) in [7, 11) is 1.69. The van der Waals surface area contributed by atoms with E-state index in [1.807, 2.05) is 0 Å². The normalized spacial score (nSPS) is 23.1. The molecule has 104 valence electrons.